The van der Waals surface area contributed by atoms with Crippen LogP contribution in [0.1, 0.15) is 46.5 Å². The molecule has 1 rings (SSSR count). The minimum Gasteiger partial charge on any atom is -0.368 e. The minimum atomic E-state index is -0.804. The van der Waals surface area contributed by atoms with Crippen LogP contribution in [0.3, 0.4) is 0 Å². The lowest BCUT2D eigenvalue weighted by molar-refractivity contribution is -0.133. The first-order valence-electron chi connectivity index (χ1n) is 5.36. The molecule has 0 spiro atoms. The summed E-state index contributed by atoms with van der Waals surface area (Å²) in [5.74, 6) is -0.596. The van der Waals surface area contributed by atoms with Gasteiger partial charge in [0.2, 0.25) is 11.8 Å². The number of hydrogen-bond acceptors (Lipinski definition) is 2. The molecule has 0 aliphatic heterocycles. The van der Waals surface area contributed by atoms with Crippen molar-refractivity contribution in [3.05, 3.63) is 0 Å². The van der Waals surface area contributed by atoms with Gasteiger partial charge >= 0.3 is 0 Å². The van der Waals surface area contributed by atoms with Crippen LogP contribution in [-0.2, 0) is 9.59 Å². The van der Waals surface area contributed by atoms with Gasteiger partial charge in [-0.2, -0.15) is 0 Å². The zero-order valence-electron chi connectivity index (χ0n) is 9.72. The molecular formula is C11H20N2O2. The van der Waals surface area contributed by atoms with E-state index in [0.29, 0.717) is 12.8 Å². The second kappa shape index (κ2) is 3.83. The highest BCUT2D eigenvalue weighted by Gasteiger charge is 2.43. The molecule has 86 valence electrons. The number of hydrogen-bond donors (Lipinski definition) is 2. The van der Waals surface area contributed by atoms with Crippen molar-refractivity contribution in [3.63, 3.8) is 0 Å². The summed E-state index contributed by atoms with van der Waals surface area (Å²) >= 11 is 0. The van der Waals surface area contributed by atoms with Gasteiger partial charge in [0.05, 0.1) is 0 Å². The molecule has 4 heteroatoms. The maximum atomic E-state index is 11.4. The van der Waals surface area contributed by atoms with Crippen molar-refractivity contribution < 1.29 is 9.59 Å². The molecule has 1 aliphatic carbocycles. The smallest absolute Gasteiger partial charge is 0.243 e. The van der Waals surface area contributed by atoms with E-state index in [1.165, 1.54) is 6.92 Å². The van der Waals surface area contributed by atoms with E-state index in [0.717, 1.165) is 12.8 Å². The van der Waals surface area contributed by atoms with E-state index in [2.05, 4.69) is 19.2 Å². The average molecular weight is 212 g/mol. The van der Waals surface area contributed by atoms with Gasteiger partial charge in [-0.15, -0.1) is 0 Å². The maximum absolute atomic E-state index is 11.4. The van der Waals surface area contributed by atoms with Crippen LogP contribution in [0.15, 0.2) is 0 Å². The quantitative estimate of drug-likeness (QED) is 0.715. The Balaban J connectivity index is 2.78. The standard InChI is InChI=1S/C11H20N2O2/c1-8(14)13-11(9(12)15)6-4-10(2,3)5-7-11/h4-7H2,1-3H3,(H2,12,15)(H,13,14). The van der Waals surface area contributed by atoms with Crippen LogP contribution in [0, 0.1) is 5.41 Å². The molecule has 2 amide bonds. The lowest BCUT2D eigenvalue weighted by Gasteiger charge is -2.41. The molecule has 0 atom stereocenters. The molecule has 0 radical (unpaired) electrons. The van der Waals surface area contributed by atoms with E-state index in [4.69, 9.17) is 5.73 Å². The molecule has 0 aromatic rings. The van der Waals surface area contributed by atoms with Crippen LogP contribution in [0.25, 0.3) is 0 Å². The fourth-order valence-corrected chi connectivity index (χ4v) is 2.12. The number of primary amides is 1. The molecular weight excluding hydrogens is 192 g/mol. The topological polar surface area (TPSA) is 72.2 Å². The normalized spacial score (nSPS) is 23.1. The first-order chi connectivity index (χ1) is 6.77. The summed E-state index contributed by atoms with van der Waals surface area (Å²) in [5, 5.41) is 2.72. The highest BCUT2D eigenvalue weighted by molar-refractivity contribution is 5.89. The lowest BCUT2D eigenvalue weighted by atomic mass is 9.69. The Hall–Kier alpha value is -1.06. The van der Waals surface area contributed by atoms with Gasteiger partial charge < -0.3 is 11.1 Å². The molecule has 4 nitrogen and oxygen atoms in total. The monoisotopic (exact) mass is 212 g/mol. The van der Waals surface area contributed by atoms with Crippen LogP contribution in [0.4, 0.5) is 0 Å². The van der Waals surface area contributed by atoms with Crippen LogP contribution in [0.5, 0.6) is 0 Å². The Morgan fingerprint density at radius 3 is 1.93 bits per heavy atom. The second-order valence-electron chi connectivity index (χ2n) is 5.29. The van der Waals surface area contributed by atoms with E-state index < -0.39 is 11.4 Å². The third kappa shape index (κ3) is 2.70. The highest BCUT2D eigenvalue weighted by Crippen LogP contribution is 2.40. The SMILES string of the molecule is CC(=O)NC1(C(N)=O)CCC(C)(C)CC1. The van der Waals surface area contributed by atoms with E-state index in [1.807, 2.05) is 0 Å². The molecule has 0 aromatic carbocycles. The minimum absolute atomic E-state index is 0.187. The molecule has 1 fully saturated rings. The van der Waals surface area contributed by atoms with E-state index in [9.17, 15) is 9.59 Å². The Kier molecular flexibility index (Phi) is 3.07. The maximum Gasteiger partial charge on any atom is 0.243 e. The Morgan fingerprint density at radius 2 is 1.60 bits per heavy atom. The van der Waals surface area contributed by atoms with Crippen LogP contribution < -0.4 is 11.1 Å². The summed E-state index contributed by atoms with van der Waals surface area (Å²) in [6, 6.07) is 0. The second-order valence-corrected chi connectivity index (χ2v) is 5.29. The fourth-order valence-electron chi connectivity index (χ4n) is 2.12. The summed E-state index contributed by atoms with van der Waals surface area (Å²) in [5.41, 5.74) is 4.83. The van der Waals surface area contributed by atoms with Gasteiger partial charge in [0.15, 0.2) is 0 Å². The van der Waals surface area contributed by atoms with Gasteiger partial charge in [0.1, 0.15) is 5.54 Å². The molecule has 3 N–H and O–H groups in total. The van der Waals surface area contributed by atoms with Gasteiger partial charge in [0.25, 0.3) is 0 Å². The molecule has 0 saturated heterocycles. The third-order valence-electron chi connectivity index (χ3n) is 3.34. The predicted octanol–water partition coefficient (Wildman–Crippen LogP) is 0.947. The third-order valence-corrected chi connectivity index (χ3v) is 3.34. The summed E-state index contributed by atoms with van der Waals surface area (Å²) in [7, 11) is 0. The number of carbonyl (C=O) groups excluding carboxylic acids is 2. The van der Waals surface area contributed by atoms with Crippen molar-refractivity contribution in [2.45, 2.75) is 52.0 Å². The van der Waals surface area contributed by atoms with Gasteiger partial charge in [-0.05, 0) is 31.1 Å². The van der Waals surface area contributed by atoms with E-state index >= 15 is 0 Å². The summed E-state index contributed by atoms with van der Waals surface area (Å²) in [4.78, 5) is 22.5. The van der Waals surface area contributed by atoms with Crippen molar-refractivity contribution in [2.75, 3.05) is 0 Å². The zero-order chi connectivity index (χ0) is 11.7. The Morgan fingerprint density at radius 1 is 1.13 bits per heavy atom. The zero-order valence-corrected chi connectivity index (χ0v) is 9.72. The number of carbonyl (C=O) groups is 2. The Bertz CT molecular complexity index is 274. The number of nitrogens with one attached hydrogen (secondary N) is 1. The van der Waals surface area contributed by atoms with Crippen molar-refractivity contribution in [3.8, 4) is 0 Å². The van der Waals surface area contributed by atoms with Crippen molar-refractivity contribution in [1.82, 2.24) is 5.32 Å². The van der Waals surface area contributed by atoms with Crippen molar-refractivity contribution >= 4 is 11.8 Å². The van der Waals surface area contributed by atoms with Gasteiger partial charge in [-0.25, -0.2) is 0 Å². The van der Waals surface area contributed by atoms with Crippen LogP contribution in [0.2, 0.25) is 0 Å². The molecule has 1 aliphatic rings. The number of amides is 2. The molecule has 15 heavy (non-hydrogen) atoms. The first-order valence-corrected chi connectivity index (χ1v) is 5.36. The van der Waals surface area contributed by atoms with Crippen molar-refractivity contribution in [1.29, 1.82) is 0 Å². The highest BCUT2D eigenvalue weighted by atomic mass is 16.2. The van der Waals surface area contributed by atoms with E-state index in [-0.39, 0.29) is 11.3 Å². The van der Waals surface area contributed by atoms with E-state index in [1.54, 1.807) is 0 Å². The van der Waals surface area contributed by atoms with Crippen LogP contribution >= 0.6 is 0 Å². The summed E-state index contributed by atoms with van der Waals surface area (Å²) in [6.07, 6.45) is 3.12. The van der Waals surface area contributed by atoms with Crippen molar-refractivity contribution in [2.24, 2.45) is 11.1 Å². The first kappa shape index (κ1) is 12.0. The molecule has 0 unspecified atom stereocenters. The van der Waals surface area contributed by atoms with Gasteiger partial charge in [-0.3, -0.25) is 9.59 Å². The predicted molar refractivity (Wildman–Crippen MR) is 58.0 cm³/mol. The van der Waals surface area contributed by atoms with Crippen LogP contribution in [-0.4, -0.2) is 17.4 Å². The van der Waals surface area contributed by atoms with Gasteiger partial charge in [0, 0.05) is 6.92 Å². The molecule has 0 bridgehead atoms. The Labute approximate surface area is 90.6 Å². The largest absolute Gasteiger partial charge is 0.368 e. The number of rotatable bonds is 2. The fraction of sp³-hybridized carbons (Fsp3) is 0.818. The summed E-state index contributed by atoms with van der Waals surface area (Å²) in [6.45, 7) is 5.77. The number of nitrogens with two attached hydrogens (primary N) is 1. The lowest BCUT2D eigenvalue weighted by Crippen LogP contribution is -2.59. The van der Waals surface area contributed by atoms with Gasteiger partial charge in [-0.1, -0.05) is 13.8 Å². The molecule has 0 heterocycles. The molecule has 1 saturated carbocycles. The summed E-state index contributed by atoms with van der Waals surface area (Å²) < 4.78 is 0. The molecule has 0 aromatic heterocycles. The average Bonchev–Trinajstić information content (AvgIpc) is 2.08.